The molecule has 0 bridgehead atoms. The molecule has 0 aliphatic carbocycles. The summed E-state index contributed by atoms with van der Waals surface area (Å²) in [6.45, 7) is 1.64. The zero-order valence-electron chi connectivity index (χ0n) is 7.30. The number of hydrogen-bond donors (Lipinski definition) is 2. The lowest BCUT2D eigenvalue weighted by molar-refractivity contribution is -0.116. The van der Waals surface area contributed by atoms with Crippen LogP contribution < -0.4 is 10.6 Å². The van der Waals surface area contributed by atoms with Crippen molar-refractivity contribution in [3.05, 3.63) is 11.8 Å². The SMILES string of the molecule is CNC(=S)NC(=O)/C(C)=C/OC. The lowest BCUT2D eigenvalue weighted by Gasteiger charge is -2.04. The fourth-order valence-electron chi connectivity index (χ4n) is 0.494. The molecule has 0 aromatic carbocycles. The molecule has 0 atom stereocenters. The van der Waals surface area contributed by atoms with Crippen LogP contribution in [0.3, 0.4) is 0 Å². The first-order chi connectivity index (χ1) is 5.61. The molecule has 0 unspecified atom stereocenters. The summed E-state index contributed by atoms with van der Waals surface area (Å²) in [5, 5.41) is 5.37. The predicted octanol–water partition coefficient (Wildman–Crippen LogP) is 0.157. The zero-order valence-corrected chi connectivity index (χ0v) is 8.12. The van der Waals surface area contributed by atoms with E-state index in [1.54, 1.807) is 14.0 Å². The van der Waals surface area contributed by atoms with E-state index in [0.29, 0.717) is 10.7 Å². The van der Waals surface area contributed by atoms with Crippen LogP contribution in [0.25, 0.3) is 0 Å². The Hall–Kier alpha value is -1.10. The zero-order chi connectivity index (χ0) is 9.56. The molecule has 0 saturated heterocycles. The van der Waals surface area contributed by atoms with Crippen molar-refractivity contribution in [1.82, 2.24) is 10.6 Å². The molecule has 12 heavy (non-hydrogen) atoms. The van der Waals surface area contributed by atoms with Gasteiger partial charge in [0, 0.05) is 12.6 Å². The third kappa shape index (κ3) is 3.92. The molecular weight excluding hydrogens is 176 g/mol. The molecule has 0 heterocycles. The standard InChI is InChI=1S/C7H12N2O2S/c1-5(4-11-3)6(10)9-7(12)8-2/h4H,1-3H3,(H2,8,9,10,12)/b5-4+. The highest BCUT2D eigenvalue weighted by molar-refractivity contribution is 7.80. The third-order valence-electron chi connectivity index (χ3n) is 1.11. The number of carbonyl (C=O) groups is 1. The maximum atomic E-state index is 11.1. The number of ether oxygens (including phenoxy) is 1. The molecule has 1 amide bonds. The van der Waals surface area contributed by atoms with Gasteiger partial charge in [-0.05, 0) is 19.1 Å². The molecule has 4 nitrogen and oxygen atoms in total. The molecule has 2 N–H and O–H groups in total. The minimum atomic E-state index is -0.267. The van der Waals surface area contributed by atoms with Crippen LogP contribution in [0.1, 0.15) is 6.92 Å². The number of nitrogens with one attached hydrogen (secondary N) is 2. The largest absolute Gasteiger partial charge is 0.504 e. The van der Waals surface area contributed by atoms with Crippen molar-refractivity contribution in [1.29, 1.82) is 0 Å². The van der Waals surface area contributed by atoms with E-state index in [-0.39, 0.29) is 5.91 Å². The highest BCUT2D eigenvalue weighted by atomic mass is 32.1. The summed E-state index contributed by atoms with van der Waals surface area (Å²) in [6.07, 6.45) is 1.35. The Morgan fingerprint density at radius 1 is 1.58 bits per heavy atom. The smallest absolute Gasteiger partial charge is 0.256 e. The molecule has 0 spiro atoms. The average molecular weight is 188 g/mol. The lowest BCUT2D eigenvalue weighted by Crippen LogP contribution is -2.37. The van der Waals surface area contributed by atoms with E-state index in [0.717, 1.165) is 0 Å². The Morgan fingerprint density at radius 2 is 2.17 bits per heavy atom. The molecule has 0 aromatic heterocycles. The van der Waals surface area contributed by atoms with Crippen LogP contribution in [-0.2, 0) is 9.53 Å². The second-order valence-corrected chi connectivity index (χ2v) is 2.48. The molecule has 0 fully saturated rings. The van der Waals surface area contributed by atoms with Gasteiger partial charge in [0.2, 0.25) is 0 Å². The van der Waals surface area contributed by atoms with Gasteiger partial charge in [-0.15, -0.1) is 0 Å². The van der Waals surface area contributed by atoms with Crippen LogP contribution >= 0.6 is 12.2 Å². The number of amides is 1. The lowest BCUT2D eigenvalue weighted by atomic mass is 10.3. The first-order valence-corrected chi connectivity index (χ1v) is 3.75. The van der Waals surface area contributed by atoms with Gasteiger partial charge in [0.1, 0.15) is 0 Å². The van der Waals surface area contributed by atoms with Crippen molar-refractivity contribution in [3.63, 3.8) is 0 Å². The summed E-state index contributed by atoms with van der Waals surface area (Å²) in [5.74, 6) is -0.267. The predicted molar refractivity (Wildman–Crippen MR) is 50.6 cm³/mol. The number of rotatable bonds is 2. The highest BCUT2D eigenvalue weighted by Gasteiger charge is 2.04. The molecule has 5 heteroatoms. The summed E-state index contributed by atoms with van der Waals surface area (Å²) >= 11 is 4.72. The summed E-state index contributed by atoms with van der Waals surface area (Å²) in [4.78, 5) is 11.1. The van der Waals surface area contributed by atoms with Crippen LogP contribution in [-0.4, -0.2) is 25.2 Å². The number of carbonyl (C=O) groups excluding carboxylic acids is 1. The first kappa shape index (κ1) is 10.9. The van der Waals surface area contributed by atoms with E-state index in [9.17, 15) is 4.79 Å². The van der Waals surface area contributed by atoms with Gasteiger partial charge in [-0.3, -0.25) is 10.1 Å². The number of methoxy groups -OCH3 is 1. The highest BCUT2D eigenvalue weighted by Crippen LogP contribution is 1.91. The molecule has 0 aromatic rings. The number of thiocarbonyl (C=S) groups is 1. The van der Waals surface area contributed by atoms with E-state index in [1.807, 2.05) is 0 Å². The van der Waals surface area contributed by atoms with Crippen LogP contribution in [0.15, 0.2) is 11.8 Å². The van der Waals surface area contributed by atoms with Gasteiger partial charge < -0.3 is 10.1 Å². The molecule has 68 valence electrons. The van der Waals surface area contributed by atoms with Crippen molar-refractivity contribution in [2.75, 3.05) is 14.2 Å². The van der Waals surface area contributed by atoms with Gasteiger partial charge in [0.05, 0.1) is 13.4 Å². The second-order valence-electron chi connectivity index (χ2n) is 2.07. The van der Waals surface area contributed by atoms with Gasteiger partial charge in [-0.25, -0.2) is 0 Å². The van der Waals surface area contributed by atoms with Crippen LogP contribution in [0.2, 0.25) is 0 Å². The molecule has 0 radical (unpaired) electrons. The van der Waals surface area contributed by atoms with E-state index in [2.05, 4.69) is 15.4 Å². The van der Waals surface area contributed by atoms with Crippen LogP contribution in [0.4, 0.5) is 0 Å². The fraction of sp³-hybridized carbons (Fsp3) is 0.429. The van der Waals surface area contributed by atoms with Crippen LogP contribution in [0, 0.1) is 0 Å². The third-order valence-corrected chi connectivity index (χ3v) is 1.41. The first-order valence-electron chi connectivity index (χ1n) is 3.34. The minimum absolute atomic E-state index is 0.267. The maximum Gasteiger partial charge on any atom is 0.256 e. The Labute approximate surface area is 77.0 Å². The molecule has 0 rings (SSSR count). The van der Waals surface area contributed by atoms with E-state index in [1.165, 1.54) is 13.4 Å². The normalized spacial score (nSPS) is 10.4. The fourth-order valence-corrected chi connectivity index (χ4v) is 0.587. The van der Waals surface area contributed by atoms with Crippen molar-refractivity contribution in [2.24, 2.45) is 0 Å². The van der Waals surface area contributed by atoms with Crippen molar-refractivity contribution in [2.45, 2.75) is 6.92 Å². The maximum absolute atomic E-state index is 11.1. The summed E-state index contributed by atoms with van der Waals surface area (Å²) in [7, 11) is 3.12. The van der Waals surface area contributed by atoms with Gasteiger partial charge in [0.15, 0.2) is 5.11 Å². The van der Waals surface area contributed by atoms with Gasteiger partial charge >= 0.3 is 0 Å². The Bertz CT molecular complexity index is 213. The van der Waals surface area contributed by atoms with Crippen molar-refractivity contribution in [3.8, 4) is 0 Å². The van der Waals surface area contributed by atoms with E-state index >= 15 is 0 Å². The molecular formula is C7H12N2O2S. The number of hydrogen-bond acceptors (Lipinski definition) is 3. The monoisotopic (exact) mass is 188 g/mol. The van der Waals surface area contributed by atoms with Crippen molar-refractivity contribution >= 4 is 23.2 Å². The summed E-state index contributed by atoms with van der Waals surface area (Å²) in [6, 6.07) is 0. The van der Waals surface area contributed by atoms with Gasteiger partial charge in [0.25, 0.3) is 5.91 Å². The molecule has 0 aliphatic heterocycles. The Morgan fingerprint density at radius 3 is 2.58 bits per heavy atom. The van der Waals surface area contributed by atoms with E-state index < -0.39 is 0 Å². The quantitative estimate of drug-likeness (QED) is 0.368. The summed E-state index contributed by atoms with van der Waals surface area (Å²) in [5.41, 5.74) is 0.468. The topological polar surface area (TPSA) is 50.4 Å². The Balaban J connectivity index is 4.04. The van der Waals surface area contributed by atoms with Crippen LogP contribution in [0.5, 0.6) is 0 Å². The van der Waals surface area contributed by atoms with Gasteiger partial charge in [-0.1, -0.05) is 0 Å². The van der Waals surface area contributed by atoms with Crippen molar-refractivity contribution < 1.29 is 9.53 Å². The van der Waals surface area contributed by atoms with Gasteiger partial charge in [-0.2, -0.15) is 0 Å². The minimum Gasteiger partial charge on any atom is -0.504 e. The average Bonchev–Trinajstić information content (AvgIpc) is 2.04. The second kappa shape index (κ2) is 5.54. The Kier molecular flexibility index (Phi) is 5.03. The summed E-state index contributed by atoms with van der Waals surface area (Å²) < 4.78 is 4.65. The molecule has 0 aliphatic rings. The molecule has 0 saturated carbocycles. The van der Waals surface area contributed by atoms with E-state index in [4.69, 9.17) is 12.2 Å².